The zero-order chi connectivity index (χ0) is 17.0. The number of hydrogen-bond donors (Lipinski definition) is 0. The van der Waals surface area contributed by atoms with Gasteiger partial charge in [0.2, 0.25) is 0 Å². The Labute approximate surface area is 136 Å². The van der Waals surface area contributed by atoms with Crippen LogP contribution < -0.4 is 14.6 Å². The fourth-order valence-corrected chi connectivity index (χ4v) is 2.59. The summed E-state index contributed by atoms with van der Waals surface area (Å²) in [4.78, 5) is 33.6. The van der Waals surface area contributed by atoms with E-state index in [2.05, 4.69) is 0 Å². The van der Waals surface area contributed by atoms with Crippen molar-refractivity contribution in [3.63, 3.8) is 0 Å². The Hall–Kier alpha value is -2.54. The van der Waals surface area contributed by atoms with Gasteiger partial charge in [0.25, 0.3) is 0 Å². The smallest absolute Gasteiger partial charge is 0.308 e. The summed E-state index contributed by atoms with van der Waals surface area (Å²) < 4.78 is 10.1. The van der Waals surface area contributed by atoms with Crippen LogP contribution in [0.1, 0.15) is 13.8 Å². The molecular weight excluding hydrogens is 320 g/mol. The zero-order valence-electron chi connectivity index (χ0n) is 12.5. The highest BCUT2D eigenvalue weighted by Crippen LogP contribution is 2.34. The number of hydrogen-bond acceptors (Lipinski definition) is 7. The van der Waals surface area contributed by atoms with Crippen LogP contribution in [0, 0.1) is 0 Å². The topological polar surface area (TPSA) is 92.7 Å². The van der Waals surface area contributed by atoms with Gasteiger partial charge in [0.15, 0.2) is 11.5 Å². The molecule has 0 spiro atoms. The van der Waals surface area contributed by atoms with Crippen LogP contribution in [-0.2, 0) is 14.4 Å². The van der Waals surface area contributed by atoms with E-state index in [4.69, 9.17) is 9.47 Å². The lowest BCUT2D eigenvalue weighted by atomic mass is 10.1. The molecule has 0 bridgehead atoms. The highest BCUT2D eigenvalue weighted by molar-refractivity contribution is 8.00. The summed E-state index contributed by atoms with van der Waals surface area (Å²) in [5.74, 6) is -2.11. The third-order valence-corrected chi connectivity index (χ3v) is 3.71. The van der Waals surface area contributed by atoms with Gasteiger partial charge in [-0.05, 0) is 35.0 Å². The fourth-order valence-electron chi connectivity index (χ4n) is 1.94. The normalized spacial score (nSPS) is 10.3. The molecule has 7 heteroatoms. The number of benzene rings is 2. The second-order valence-corrected chi connectivity index (χ2v) is 5.70. The van der Waals surface area contributed by atoms with Gasteiger partial charge < -0.3 is 19.4 Å². The Morgan fingerprint density at radius 1 is 0.957 bits per heavy atom. The third-order valence-electron chi connectivity index (χ3n) is 2.74. The van der Waals surface area contributed by atoms with E-state index in [1.54, 1.807) is 30.3 Å². The Morgan fingerprint density at radius 3 is 2.04 bits per heavy atom. The molecule has 0 aromatic heterocycles. The summed E-state index contributed by atoms with van der Waals surface area (Å²) in [6.45, 7) is 2.50. The molecule has 0 aliphatic carbocycles. The fraction of sp³-hybridized carbons (Fsp3) is 0.188. The highest BCUT2D eigenvalue weighted by atomic mass is 32.2. The summed E-state index contributed by atoms with van der Waals surface area (Å²) in [6.07, 6.45) is 0. The molecule has 0 atom stereocenters. The van der Waals surface area contributed by atoms with E-state index >= 15 is 0 Å². The molecule has 23 heavy (non-hydrogen) atoms. The van der Waals surface area contributed by atoms with Crippen molar-refractivity contribution in [3.05, 3.63) is 30.3 Å². The minimum atomic E-state index is -1.15. The number of carbonyl (C=O) groups is 3. The summed E-state index contributed by atoms with van der Waals surface area (Å²) in [5, 5.41) is 12.0. The van der Waals surface area contributed by atoms with E-state index in [-0.39, 0.29) is 17.3 Å². The molecular formula is C16H13O6S-. The lowest BCUT2D eigenvalue weighted by Crippen LogP contribution is -2.24. The number of carbonyl (C=O) groups excluding carboxylic acids is 3. The number of rotatable bonds is 5. The zero-order valence-corrected chi connectivity index (χ0v) is 13.3. The van der Waals surface area contributed by atoms with E-state index in [1.165, 1.54) is 13.8 Å². The first kappa shape index (κ1) is 16.8. The van der Waals surface area contributed by atoms with Crippen LogP contribution in [0.4, 0.5) is 0 Å². The monoisotopic (exact) mass is 333 g/mol. The third kappa shape index (κ3) is 4.72. The van der Waals surface area contributed by atoms with E-state index in [0.717, 1.165) is 27.4 Å². The minimum Gasteiger partial charge on any atom is -0.549 e. The maximum absolute atomic E-state index is 11.2. The lowest BCUT2D eigenvalue weighted by Gasteiger charge is -2.11. The summed E-state index contributed by atoms with van der Waals surface area (Å²) in [6, 6.07) is 8.42. The van der Waals surface area contributed by atoms with Gasteiger partial charge in [-0.15, -0.1) is 11.8 Å². The maximum atomic E-state index is 11.2. The molecule has 0 saturated heterocycles. The molecule has 6 nitrogen and oxygen atoms in total. The average molecular weight is 333 g/mol. The van der Waals surface area contributed by atoms with E-state index in [0.29, 0.717) is 0 Å². The van der Waals surface area contributed by atoms with Crippen LogP contribution >= 0.6 is 11.8 Å². The molecule has 0 unspecified atom stereocenters. The molecule has 0 radical (unpaired) electrons. The standard InChI is InChI=1S/C16H14O6S/c1-9(17)21-14-6-11-3-4-13(23-8-16(19)20)5-12(11)7-15(14)22-10(2)18/h3-7H,8H2,1-2H3,(H,19,20)/p-1. The van der Waals surface area contributed by atoms with Crippen molar-refractivity contribution in [3.8, 4) is 11.5 Å². The Kier molecular flexibility index (Phi) is 5.23. The number of esters is 2. The van der Waals surface area contributed by atoms with Crippen LogP contribution in [0.5, 0.6) is 11.5 Å². The van der Waals surface area contributed by atoms with Crippen LogP contribution in [0.15, 0.2) is 35.2 Å². The predicted molar refractivity (Wildman–Crippen MR) is 82.3 cm³/mol. The van der Waals surface area contributed by atoms with Gasteiger partial charge in [-0.25, -0.2) is 0 Å². The Bertz CT molecular complexity index is 783. The maximum Gasteiger partial charge on any atom is 0.308 e. The van der Waals surface area contributed by atoms with Gasteiger partial charge in [0.05, 0.1) is 5.97 Å². The second-order valence-electron chi connectivity index (χ2n) is 4.66. The van der Waals surface area contributed by atoms with Crippen molar-refractivity contribution in [1.82, 2.24) is 0 Å². The first-order valence-corrected chi connectivity index (χ1v) is 7.61. The van der Waals surface area contributed by atoms with Gasteiger partial charge in [0.1, 0.15) is 0 Å². The lowest BCUT2D eigenvalue weighted by molar-refractivity contribution is -0.301. The molecule has 0 amide bonds. The van der Waals surface area contributed by atoms with Gasteiger partial charge in [0, 0.05) is 24.5 Å². The SMILES string of the molecule is CC(=O)Oc1cc2ccc(SCC(=O)[O-])cc2cc1OC(C)=O. The van der Waals surface area contributed by atoms with Crippen LogP contribution in [0.2, 0.25) is 0 Å². The van der Waals surface area contributed by atoms with Crippen molar-refractivity contribution in [2.75, 3.05) is 5.75 Å². The molecule has 0 fully saturated rings. The van der Waals surface area contributed by atoms with Gasteiger partial charge in [-0.1, -0.05) is 6.07 Å². The molecule has 0 heterocycles. The molecule has 0 aliphatic rings. The largest absolute Gasteiger partial charge is 0.549 e. The number of aliphatic carboxylic acids is 1. The van der Waals surface area contributed by atoms with Gasteiger partial charge in [-0.3, -0.25) is 9.59 Å². The van der Waals surface area contributed by atoms with E-state index < -0.39 is 17.9 Å². The van der Waals surface area contributed by atoms with Crippen molar-refractivity contribution < 1.29 is 29.0 Å². The number of carboxylic acids is 1. The molecule has 120 valence electrons. The van der Waals surface area contributed by atoms with Crippen molar-refractivity contribution >= 4 is 40.4 Å². The number of carboxylic acid groups (broad SMARTS) is 1. The second kappa shape index (κ2) is 7.15. The molecule has 2 aromatic rings. The quantitative estimate of drug-likeness (QED) is 0.465. The number of thioether (sulfide) groups is 1. The predicted octanol–water partition coefficient (Wildman–Crippen LogP) is 1.53. The van der Waals surface area contributed by atoms with Crippen LogP contribution in [0.3, 0.4) is 0 Å². The van der Waals surface area contributed by atoms with Crippen molar-refractivity contribution in [2.24, 2.45) is 0 Å². The van der Waals surface area contributed by atoms with E-state index in [1.807, 2.05) is 0 Å². The number of ether oxygens (including phenoxy) is 2. The number of fused-ring (bicyclic) bond motifs is 1. The van der Waals surface area contributed by atoms with Crippen LogP contribution in [0.25, 0.3) is 10.8 Å². The summed E-state index contributed by atoms with van der Waals surface area (Å²) in [7, 11) is 0. The minimum absolute atomic E-state index is 0.127. The molecule has 0 saturated carbocycles. The molecule has 2 rings (SSSR count). The highest BCUT2D eigenvalue weighted by Gasteiger charge is 2.12. The van der Waals surface area contributed by atoms with Gasteiger partial charge >= 0.3 is 11.9 Å². The first-order valence-electron chi connectivity index (χ1n) is 6.62. The van der Waals surface area contributed by atoms with Crippen LogP contribution in [-0.4, -0.2) is 23.7 Å². The van der Waals surface area contributed by atoms with Crippen molar-refractivity contribution in [1.29, 1.82) is 0 Å². The molecule has 0 N–H and O–H groups in total. The van der Waals surface area contributed by atoms with E-state index in [9.17, 15) is 19.5 Å². The Morgan fingerprint density at radius 2 is 1.52 bits per heavy atom. The van der Waals surface area contributed by atoms with Crippen molar-refractivity contribution in [2.45, 2.75) is 18.7 Å². The summed E-state index contributed by atoms with van der Waals surface area (Å²) >= 11 is 1.12. The average Bonchev–Trinajstić information content (AvgIpc) is 2.44. The first-order chi connectivity index (χ1) is 10.8. The summed E-state index contributed by atoms with van der Waals surface area (Å²) in [5.41, 5.74) is 0. The molecule has 0 aliphatic heterocycles. The Balaban J connectivity index is 2.44. The molecule has 2 aromatic carbocycles. The van der Waals surface area contributed by atoms with Gasteiger partial charge in [-0.2, -0.15) is 0 Å².